The van der Waals surface area contributed by atoms with E-state index in [1.165, 1.54) is 11.8 Å². The average Bonchev–Trinajstić information content (AvgIpc) is 2.20. The van der Waals surface area contributed by atoms with Gasteiger partial charge in [0.1, 0.15) is 11.3 Å². The van der Waals surface area contributed by atoms with Gasteiger partial charge in [-0.3, -0.25) is 14.5 Å². The lowest BCUT2D eigenvalue weighted by Crippen LogP contribution is -2.41. The minimum absolute atomic E-state index is 0.133. The molecule has 1 fully saturated rings. The first-order chi connectivity index (χ1) is 6.28. The van der Waals surface area contributed by atoms with Crippen LogP contribution >= 0.6 is 0 Å². The molecular weight excluding hydrogens is 184 g/mol. The lowest BCUT2D eigenvalue weighted by Gasteiger charge is -2.22. The number of Topliss-reactive ketones (excluding diaryl/α,β-unsaturated/α-hetero) is 1. The van der Waals surface area contributed by atoms with Crippen molar-refractivity contribution in [3.63, 3.8) is 0 Å². The highest BCUT2D eigenvalue weighted by atomic mass is 16.2. The second-order valence-electron chi connectivity index (χ2n) is 3.99. The van der Waals surface area contributed by atoms with Crippen LogP contribution in [-0.2, 0) is 9.59 Å². The molecule has 0 N–H and O–H groups in total. The summed E-state index contributed by atoms with van der Waals surface area (Å²) in [5, 5.41) is 0. The van der Waals surface area contributed by atoms with E-state index in [9.17, 15) is 14.4 Å². The molecular formula is C9H14N2O3. The molecule has 0 atom stereocenters. The van der Waals surface area contributed by atoms with E-state index >= 15 is 0 Å². The number of rotatable bonds is 2. The van der Waals surface area contributed by atoms with Crippen molar-refractivity contribution in [1.29, 1.82) is 0 Å². The van der Waals surface area contributed by atoms with Crippen molar-refractivity contribution in [2.45, 2.75) is 26.3 Å². The van der Waals surface area contributed by atoms with Crippen molar-refractivity contribution < 1.29 is 14.4 Å². The number of carbonyl (C=O) groups is 3. The molecule has 14 heavy (non-hydrogen) atoms. The number of carbonyl (C=O) groups excluding carboxylic acids is 3. The van der Waals surface area contributed by atoms with E-state index in [1.807, 2.05) is 0 Å². The van der Waals surface area contributed by atoms with Gasteiger partial charge in [0.05, 0.1) is 6.54 Å². The maximum atomic E-state index is 11.7. The molecule has 0 unspecified atom stereocenters. The lowest BCUT2D eigenvalue weighted by molar-refractivity contribution is -0.134. The molecule has 1 heterocycles. The van der Waals surface area contributed by atoms with Crippen LogP contribution in [0.2, 0.25) is 0 Å². The summed E-state index contributed by atoms with van der Waals surface area (Å²) in [6.07, 6.45) is 0. The van der Waals surface area contributed by atoms with Crippen molar-refractivity contribution >= 4 is 17.7 Å². The van der Waals surface area contributed by atoms with Gasteiger partial charge < -0.3 is 4.90 Å². The van der Waals surface area contributed by atoms with Crippen molar-refractivity contribution in [2.24, 2.45) is 0 Å². The van der Waals surface area contributed by atoms with Gasteiger partial charge in [0.15, 0.2) is 0 Å². The summed E-state index contributed by atoms with van der Waals surface area (Å²) in [7, 11) is 1.56. The third-order valence-corrected chi connectivity index (χ3v) is 2.51. The van der Waals surface area contributed by atoms with Crippen molar-refractivity contribution in [1.82, 2.24) is 9.80 Å². The molecule has 5 heteroatoms. The fraction of sp³-hybridized carbons (Fsp3) is 0.667. The largest absolute Gasteiger partial charge is 0.327 e. The van der Waals surface area contributed by atoms with E-state index in [0.717, 1.165) is 4.90 Å². The topological polar surface area (TPSA) is 57.7 Å². The molecule has 0 aliphatic carbocycles. The second-order valence-corrected chi connectivity index (χ2v) is 3.99. The van der Waals surface area contributed by atoms with Gasteiger partial charge in [0, 0.05) is 7.05 Å². The quantitative estimate of drug-likeness (QED) is 0.597. The maximum Gasteiger partial charge on any atom is 0.327 e. The van der Waals surface area contributed by atoms with Gasteiger partial charge in [0.25, 0.3) is 5.91 Å². The van der Waals surface area contributed by atoms with Gasteiger partial charge in [-0.25, -0.2) is 4.79 Å². The number of hydrogen-bond donors (Lipinski definition) is 0. The molecule has 78 valence electrons. The molecule has 0 radical (unpaired) electrons. The molecule has 5 nitrogen and oxygen atoms in total. The molecule has 3 amide bonds. The molecule has 0 bridgehead atoms. The summed E-state index contributed by atoms with van der Waals surface area (Å²) < 4.78 is 0. The Morgan fingerprint density at radius 3 is 2.14 bits per heavy atom. The molecule has 0 saturated carbocycles. The fourth-order valence-corrected chi connectivity index (χ4v) is 1.34. The van der Waals surface area contributed by atoms with E-state index in [2.05, 4.69) is 0 Å². The zero-order valence-corrected chi connectivity index (χ0v) is 8.83. The van der Waals surface area contributed by atoms with Crippen LogP contribution < -0.4 is 0 Å². The van der Waals surface area contributed by atoms with E-state index in [4.69, 9.17) is 0 Å². The molecule has 1 saturated heterocycles. The van der Waals surface area contributed by atoms with E-state index in [0.29, 0.717) is 0 Å². The first-order valence-corrected chi connectivity index (χ1v) is 4.37. The Bertz CT molecular complexity index is 309. The predicted octanol–water partition coefficient (Wildman–Crippen LogP) is 0.248. The van der Waals surface area contributed by atoms with Gasteiger partial charge in [-0.15, -0.1) is 0 Å². The lowest BCUT2D eigenvalue weighted by atomic mass is 10.1. The van der Waals surface area contributed by atoms with Crippen molar-refractivity contribution in [3.8, 4) is 0 Å². The Balaban J connectivity index is 2.96. The third-order valence-electron chi connectivity index (χ3n) is 2.51. The maximum absolute atomic E-state index is 11.7. The zero-order chi connectivity index (χ0) is 11.1. The number of ketones is 1. The van der Waals surface area contributed by atoms with Gasteiger partial charge >= 0.3 is 6.03 Å². The normalized spacial score (nSPS) is 20.6. The zero-order valence-electron chi connectivity index (χ0n) is 8.83. The van der Waals surface area contributed by atoms with Crippen LogP contribution in [0.4, 0.5) is 4.79 Å². The number of nitrogens with zero attached hydrogens (tertiary/aromatic N) is 2. The number of imide groups is 1. The minimum Gasteiger partial charge on any atom is -0.313 e. The Labute approximate surface area is 82.7 Å². The summed E-state index contributed by atoms with van der Waals surface area (Å²) in [4.78, 5) is 36.4. The number of amides is 3. The summed E-state index contributed by atoms with van der Waals surface area (Å²) in [6, 6.07) is -0.407. The van der Waals surface area contributed by atoms with Crippen LogP contribution in [0.25, 0.3) is 0 Å². The Kier molecular flexibility index (Phi) is 2.35. The molecule has 0 aromatic rings. The molecule has 1 rings (SSSR count). The number of urea groups is 1. The Morgan fingerprint density at radius 1 is 1.36 bits per heavy atom. The van der Waals surface area contributed by atoms with Crippen molar-refractivity contribution in [2.75, 3.05) is 13.6 Å². The monoisotopic (exact) mass is 198 g/mol. The van der Waals surface area contributed by atoms with Gasteiger partial charge in [0.2, 0.25) is 0 Å². The Hall–Kier alpha value is -1.39. The highest BCUT2D eigenvalue weighted by Gasteiger charge is 2.49. The minimum atomic E-state index is -0.841. The first-order valence-electron chi connectivity index (χ1n) is 4.37. The van der Waals surface area contributed by atoms with E-state index in [-0.39, 0.29) is 18.2 Å². The first kappa shape index (κ1) is 10.7. The van der Waals surface area contributed by atoms with Crippen LogP contribution in [0, 0.1) is 0 Å². The third kappa shape index (κ3) is 1.38. The highest BCUT2D eigenvalue weighted by molar-refractivity contribution is 6.08. The van der Waals surface area contributed by atoms with Crippen LogP contribution in [-0.4, -0.2) is 46.7 Å². The average molecular weight is 198 g/mol. The Morgan fingerprint density at radius 2 is 1.86 bits per heavy atom. The fourth-order valence-electron chi connectivity index (χ4n) is 1.34. The summed E-state index contributed by atoms with van der Waals surface area (Å²) in [5.74, 6) is -0.516. The van der Waals surface area contributed by atoms with Crippen LogP contribution in [0.15, 0.2) is 0 Å². The van der Waals surface area contributed by atoms with Gasteiger partial charge in [-0.1, -0.05) is 0 Å². The van der Waals surface area contributed by atoms with Crippen LogP contribution in [0.3, 0.4) is 0 Å². The summed E-state index contributed by atoms with van der Waals surface area (Å²) >= 11 is 0. The second kappa shape index (κ2) is 3.08. The standard InChI is InChI=1S/C9H14N2O3/c1-6(12)5-11-7(13)9(2,3)10(4)8(11)14/h5H2,1-4H3. The molecule has 1 aliphatic heterocycles. The molecule has 0 aromatic heterocycles. The van der Waals surface area contributed by atoms with E-state index < -0.39 is 11.6 Å². The molecule has 0 spiro atoms. The SMILES string of the molecule is CC(=O)CN1C(=O)N(C)C(C)(C)C1=O. The smallest absolute Gasteiger partial charge is 0.313 e. The number of likely N-dealkylation sites (N-methyl/N-ethyl adjacent to an activating group) is 1. The molecule has 0 aromatic carbocycles. The predicted molar refractivity (Wildman–Crippen MR) is 49.6 cm³/mol. The highest BCUT2D eigenvalue weighted by Crippen LogP contribution is 2.25. The van der Waals surface area contributed by atoms with Gasteiger partial charge in [-0.05, 0) is 20.8 Å². The van der Waals surface area contributed by atoms with Crippen molar-refractivity contribution in [3.05, 3.63) is 0 Å². The number of hydrogen-bond acceptors (Lipinski definition) is 3. The summed E-state index contributed by atoms with van der Waals surface area (Å²) in [6.45, 7) is 4.54. The van der Waals surface area contributed by atoms with Gasteiger partial charge in [-0.2, -0.15) is 0 Å². The van der Waals surface area contributed by atoms with E-state index in [1.54, 1.807) is 20.9 Å². The summed E-state index contributed by atoms with van der Waals surface area (Å²) in [5.41, 5.74) is -0.841. The molecule has 1 aliphatic rings. The van der Waals surface area contributed by atoms with Crippen LogP contribution in [0.1, 0.15) is 20.8 Å². The van der Waals surface area contributed by atoms with Crippen LogP contribution in [0.5, 0.6) is 0 Å².